The Morgan fingerprint density at radius 3 is 1.32 bits per heavy atom. The second kappa shape index (κ2) is 25.2. The lowest BCUT2D eigenvalue weighted by Gasteiger charge is -2.04. The minimum atomic E-state index is -0.300. The molecule has 0 unspecified atom stereocenters. The van der Waals surface area contributed by atoms with Gasteiger partial charge in [0, 0.05) is 6.08 Å². The van der Waals surface area contributed by atoms with Gasteiger partial charge in [0.15, 0.2) is 0 Å². The summed E-state index contributed by atoms with van der Waals surface area (Å²) in [5.41, 5.74) is 0. The molecule has 0 heterocycles. The van der Waals surface area contributed by atoms with Gasteiger partial charge in [0.2, 0.25) is 0 Å². The first-order valence-corrected chi connectivity index (χ1v) is 10.6. The second-order valence-corrected chi connectivity index (χ2v) is 6.67. The molecule has 0 aromatic carbocycles. The molecule has 0 fully saturated rings. The van der Waals surface area contributed by atoms with Gasteiger partial charge in [-0.3, -0.25) is 0 Å². The van der Waals surface area contributed by atoms with Gasteiger partial charge in [0.05, 0.1) is 6.61 Å². The molecule has 2 heteroatoms. The lowest BCUT2D eigenvalue weighted by Crippen LogP contribution is -2.01. The summed E-state index contributed by atoms with van der Waals surface area (Å²) in [5, 5.41) is 0. The number of hydrogen-bond donors (Lipinski definition) is 0. The lowest BCUT2D eigenvalue weighted by atomic mass is 10.0. The first kappa shape index (κ1) is 26.2. The van der Waals surface area contributed by atoms with E-state index in [-0.39, 0.29) is 5.97 Å². The van der Waals surface area contributed by atoms with Crippen molar-refractivity contribution in [3.8, 4) is 0 Å². The molecule has 25 heavy (non-hydrogen) atoms. The summed E-state index contributed by atoms with van der Waals surface area (Å²) in [5.74, 6) is -0.300. The maximum atomic E-state index is 10.8. The summed E-state index contributed by atoms with van der Waals surface area (Å²) in [4.78, 5) is 10.8. The Hall–Kier alpha value is -1.05. The first-order valence-electron chi connectivity index (χ1n) is 10.6. The van der Waals surface area contributed by atoms with E-state index in [1.807, 2.05) is 0 Å². The highest BCUT2D eigenvalue weighted by molar-refractivity contribution is 5.81. The van der Waals surface area contributed by atoms with E-state index >= 15 is 0 Å². The van der Waals surface area contributed by atoms with E-state index in [4.69, 9.17) is 4.74 Å². The van der Waals surface area contributed by atoms with Crippen molar-refractivity contribution in [1.29, 1.82) is 0 Å². The molecule has 0 aliphatic carbocycles. The van der Waals surface area contributed by atoms with Crippen LogP contribution in [-0.4, -0.2) is 12.6 Å². The highest BCUT2D eigenvalue weighted by Crippen LogP contribution is 2.13. The number of carbonyl (C=O) groups excluding carboxylic acids is 1. The van der Waals surface area contributed by atoms with E-state index in [9.17, 15) is 4.79 Å². The fourth-order valence-electron chi connectivity index (χ4n) is 2.88. The topological polar surface area (TPSA) is 26.3 Å². The number of carbonyl (C=O) groups is 1. The predicted molar refractivity (Wildman–Crippen MR) is 112 cm³/mol. The van der Waals surface area contributed by atoms with Crippen LogP contribution in [0.2, 0.25) is 0 Å². The van der Waals surface area contributed by atoms with Gasteiger partial charge in [-0.25, -0.2) is 4.79 Å². The molecule has 0 rings (SSSR count). The maximum absolute atomic E-state index is 10.8. The van der Waals surface area contributed by atoms with E-state index in [0.29, 0.717) is 6.61 Å². The zero-order chi connectivity index (χ0) is 19.0. The molecule has 0 N–H and O–H groups in total. The zero-order valence-electron chi connectivity index (χ0n) is 17.0. The van der Waals surface area contributed by atoms with Crippen molar-refractivity contribution in [3.05, 3.63) is 25.8 Å². The van der Waals surface area contributed by atoms with Crippen LogP contribution >= 0.6 is 0 Å². The third-order valence-corrected chi connectivity index (χ3v) is 4.41. The van der Waals surface area contributed by atoms with Crippen molar-refractivity contribution in [1.82, 2.24) is 0 Å². The van der Waals surface area contributed by atoms with E-state index in [2.05, 4.69) is 26.7 Å². The largest absolute Gasteiger partial charge is 0.463 e. The van der Waals surface area contributed by atoms with Crippen LogP contribution in [0, 0.1) is 0 Å². The summed E-state index contributed by atoms with van der Waals surface area (Å²) in [6.45, 7) is 12.2. The average Bonchev–Trinajstić information content (AvgIpc) is 2.65. The van der Waals surface area contributed by atoms with Gasteiger partial charge >= 0.3 is 5.97 Å². The summed E-state index contributed by atoms with van der Waals surface area (Å²) in [6, 6.07) is 0. The number of esters is 1. The molecule has 2 nitrogen and oxygen atoms in total. The van der Waals surface area contributed by atoms with E-state index in [1.54, 1.807) is 0 Å². The predicted octanol–water partition coefficient (Wildman–Crippen LogP) is 7.78. The highest BCUT2D eigenvalue weighted by Gasteiger charge is 1.96. The quantitative estimate of drug-likeness (QED) is 0.109. The van der Waals surface area contributed by atoms with Crippen molar-refractivity contribution < 1.29 is 9.53 Å². The molecule has 0 atom stereocenters. The fourth-order valence-corrected chi connectivity index (χ4v) is 2.88. The smallest absolute Gasteiger partial charge is 0.330 e. The molecule has 0 bridgehead atoms. The van der Waals surface area contributed by atoms with Crippen LogP contribution in [0.1, 0.15) is 110 Å². The minimum absolute atomic E-state index is 0.300. The normalized spacial score (nSPS) is 9.96. The van der Waals surface area contributed by atoms with Crippen LogP contribution in [0.3, 0.4) is 0 Å². The zero-order valence-corrected chi connectivity index (χ0v) is 17.0. The average molecular weight is 353 g/mol. The van der Waals surface area contributed by atoms with Crippen LogP contribution in [0.15, 0.2) is 25.8 Å². The van der Waals surface area contributed by atoms with Crippen LogP contribution < -0.4 is 0 Å². The number of unbranched alkanes of at least 4 members (excludes halogenated alkanes) is 15. The molecular formula is C23H44O2. The van der Waals surface area contributed by atoms with E-state index in [1.165, 1.54) is 102 Å². The SMILES string of the molecule is C=C.C=CC(=O)OCCCCCCCCCCCCCCCCCC. The van der Waals surface area contributed by atoms with Gasteiger partial charge in [-0.05, 0) is 6.42 Å². The molecule has 0 saturated carbocycles. The number of rotatable bonds is 18. The van der Waals surface area contributed by atoms with Crippen molar-refractivity contribution in [2.45, 2.75) is 110 Å². The van der Waals surface area contributed by atoms with Crippen molar-refractivity contribution in [2.24, 2.45) is 0 Å². The Bertz CT molecular complexity index is 273. The molecule has 0 aliphatic rings. The van der Waals surface area contributed by atoms with Crippen molar-refractivity contribution in [3.63, 3.8) is 0 Å². The number of hydrogen-bond acceptors (Lipinski definition) is 2. The van der Waals surface area contributed by atoms with Gasteiger partial charge in [-0.1, -0.05) is 110 Å². The van der Waals surface area contributed by atoms with E-state index < -0.39 is 0 Å². The third kappa shape index (κ3) is 25.3. The summed E-state index contributed by atoms with van der Waals surface area (Å²) in [7, 11) is 0. The van der Waals surface area contributed by atoms with Gasteiger partial charge in [-0.15, -0.1) is 13.2 Å². The second-order valence-electron chi connectivity index (χ2n) is 6.67. The Labute approximate surface area is 158 Å². The van der Waals surface area contributed by atoms with Crippen LogP contribution in [0.25, 0.3) is 0 Å². The van der Waals surface area contributed by atoms with Gasteiger partial charge in [0.1, 0.15) is 0 Å². The number of ether oxygens (including phenoxy) is 1. The molecule has 0 aliphatic heterocycles. The Morgan fingerprint density at radius 2 is 1.00 bits per heavy atom. The van der Waals surface area contributed by atoms with Crippen molar-refractivity contribution in [2.75, 3.05) is 6.61 Å². The van der Waals surface area contributed by atoms with Gasteiger partial charge in [-0.2, -0.15) is 0 Å². The molecule has 0 amide bonds. The molecule has 0 aromatic heterocycles. The molecule has 0 radical (unpaired) electrons. The summed E-state index contributed by atoms with van der Waals surface area (Å²) in [6.07, 6.45) is 23.0. The monoisotopic (exact) mass is 352 g/mol. The van der Waals surface area contributed by atoms with Crippen LogP contribution in [0.5, 0.6) is 0 Å². The standard InChI is InChI=1S/C21H40O2.C2H4/c1-3-5-6-7-8-9-10-11-12-13-14-15-16-17-18-19-20-23-21(22)4-2;1-2/h4H,2-3,5-20H2,1H3;1-2H2. The summed E-state index contributed by atoms with van der Waals surface area (Å²) >= 11 is 0. The lowest BCUT2D eigenvalue weighted by molar-refractivity contribution is -0.137. The Balaban J connectivity index is 0. The minimum Gasteiger partial charge on any atom is -0.463 e. The Morgan fingerprint density at radius 1 is 0.680 bits per heavy atom. The molecule has 0 aromatic rings. The van der Waals surface area contributed by atoms with E-state index in [0.717, 1.165) is 6.42 Å². The Kier molecular flexibility index (Phi) is 26.4. The van der Waals surface area contributed by atoms with Crippen LogP contribution in [-0.2, 0) is 9.53 Å². The molecule has 0 saturated heterocycles. The summed E-state index contributed by atoms with van der Waals surface area (Å²) < 4.78 is 4.95. The third-order valence-electron chi connectivity index (χ3n) is 4.41. The fraction of sp³-hybridized carbons (Fsp3) is 0.783. The van der Waals surface area contributed by atoms with Gasteiger partial charge in [0.25, 0.3) is 0 Å². The van der Waals surface area contributed by atoms with Crippen molar-refractivity contribution >= 4 is 5.97 Å². The first-order chi connectivity index (χ1) is 12.3. The highest BCUT2D eigenvalue weighted by atomic mass is 16.5. The van der Waals surface area contributed by atoms with Crippen LogP contribution in [0.4, 0.5) is 0 Å². The molecule has 0 spiro atoms. The maximum Gasteiger partial charge on any atom is 0.330 e. The molecular weight excluding hydrogens is 308 g/mol. The van der Waals surface area contributed by atoms with Gasteiger partial charge < -0.3 is 4.74 Å². The molecule has 148 valence electrons.